The number of methoxy groups -OCH3 is 1. The number of hydrogen-bond acceptors (Lipinski definition) is 5. The number of amides is 3. The molecule has 2 aromatic carbocycles. The Morgan fingerprint density at radius 1 is 1.23 bits per heavy atom. The van der Waals surface area contributed by atoms with Crippen LogP contribution in [0.1, 0.15) is 36.0 Å². The highest BCUT2D eigenvalue weighted by molar-refractivity contribution is 5.95. The molecular formula is C26H29N5O4. The second kappa shape index (κ2) is 9.05. The number of ether oxygens (including phenoxy) is 1. The average molecular weight is 476 g/mol. The van der Waals surface area contributed by atoms with Crippen LogP contribution >= 0.6 is 0 Å². The fourth-order valence-electron chi connectivity index (χ4n) is 5.48. The van der Waals surface area contributed by atoms with Crippen LogP contribution in [0.5, 0.6) is 0 Å². The van der Waals surface area contributed by atoms with Crippen molar-refractivity contribution in [1.29, 1.82) is 0 Å². The standard InChI is InChI=1S/C26H29N5O4/c1-16-11-17(12-18-15-27-30-23(16)18)13-21(24(33)35-2)29-25(34)31-9-7-26(8-10-31)14-22(32)28-20-6-4-3-5-19(20)26/h3-6,11-12,15,21H,7-10,13-14H2,1-2H3,(H,27,30)(H,28,32)(H,29,34). The van der Waals surface area contributed by atoms with E-state index in [0.717, 1.165) is 33.3 Å². The lowest BCUT2D eigenvalue weighted by Crippen LogP contribution is -2.54. The van der Waals surface area contributed by atoms with E-state index in [-0.39, 0.29) is 17.4 Å². The van der Waals surface area contributed by atoms with Crippen molar-refractivity contribution < 1.29 is 19.1 Å². The second-order valence-electron chi connectivity index (χ2n) is 9.51. The van der Waals surface area contributed by atoms with Crippen LogP contribution in [0, 0.1) is 6.92 Å². The van der Waals surface area contributed by atoms with E-state index >= 15 is 0 Å². The van der Waals surface area contributed by atoms with Crippen molar-refractivity contribution in [2.24, 2.45) is 0 Å². The summed E-state index contributed by atoms with van der Waals surface area (Å²) in [6.45, 7) is 2.98. The third-order valence-corrected chi connectivity index (χ3v) is 7.31. The quantitative estimate of drug-likeness (QED) is 0.502. The van der Waals surface area contributed by atoms with Gasteiger partial charge in [0, 0.05) is 42.4 Å². The Morgan fingerprint density at radius 2 is 2.00 bits per heavy atom. The number of piperidine rings is 1. The van der Waals surface area contributed by atoms with Gasteiger partial charge < -0.3 is 20.3 Å². The molecule has 1 saturated heterocycles. The number of carbonyl (C=O) groups excluding carboxylic acids is 3. The van der Waals surface area contributed by atoms with E-state index < -0.39 is 12.0 Å². The summed E-state index contributed by atoms with van der Waals surface area (Å²) >= 11 is 0. The Bertz CT molecular complexity index is 1290. The molecular weight excluding hydrogens is 446 g/mol. The van der Waals surface area contributed by atoms with Crippen molar-refractivity contribution in [3.63, 3.8) is 0 Å². The number of urea groups is 1. The molecule has 182 valence electrons. The summed E-state index contributed by atoms with van der Waals surface area (Å²) in [6, 6.07) is 10.7. The van der Waals surface area contributed by atoms with Gasteiger partial charge in [0.15, 0.2) is 0 Å². The highest BCUT2D eigenvalue weighted by atomic mass is 16.5. The summed E-state index contributed by atoms with van der Waals surface area (Å²) in [7, 11) is 1.32. The lowest BCUT2D eigenvalue weighted by Gasteiger charge is -2.44. The first kappa shape index (κ1) is 22.9. The number of aromatic amines is 1. The van der Waals surface area contributed by atoms with Gasteiger partial charge in [0.25, 0.3) is 0 Å². The van der Waals surface area contributed by atoms with Gasteiger partial charge in [-0.05, 0) is 48.6 Å². The molecule has 3 aromatic rings. The Kier molecular flexibility index (Phi) is 5.92. The summed E-state index contributed by atoms with van der Waals surface area (Å²) in [6.07, 6.45) is 3.84. The monoisotopic (exact) mass is 475 g/mol. The van der Waals surface area contributed by atoms with Crippen molar-refractivity contribution in [2.75, 3.05) is 25.5 Å². The number of esters is 1. The van der Waals surface area contributed by atoms with E-state index in [1.807, 2.05) is 37.3 Å². The molecule has 0 radical (unpaired) electrons. The molecule has 9 heteroatoms. The van der Waals surface area contributed by atoms with Crippen LogP contribution in [0.2, 0.25) is 0 Å². The number of anilines is 1. The number of aryl methyl sites for hydroxylation is 1. The van der Waals surface area contributed by atoms with Crippen molar-refractivity contribution in [3.05, 3.63) is 59.3 Å². The van der Waals surface area contributed by atoms with Gasteiger partial charge in [0.05, 0.1) is 18.8 Å². The zero-order valence-corrected chi connectivity index (χ0v) is 19.9. The molecule has 1 aromatic heterocycles. The molecule has 1 atom stereocenters. The third-order valence-electron chi connectivity index (χ3n) is 7.31. The summed E-state index contributed by atoms with van der Waals surface area (Å²) < 4.78 is 4.98. The van der Waals surface area contributed by atoms with E-state index in [4.69, 9.17) is 4.74 Å². The molecule has 1 unspecified atom stereocenters. The van der Waals surface area contributed by atoms with Crippen LogP contribution in [0.15, 0.2) is 42.6 Å². The predicted octanol–water partition coefficient (Wildman–Crippen LogP) is 3.04. The molecule has 35 heavy (non-hydrogen) atoms. The normalized spacial score (nSPS) is 17.5. The molecule has 3 N–H and O–H groups in total. The fourth-order valence-corrected chi connectivity index (χ4v) is 5.48. The molecule has 0 bridgehead atoms. The van der Waals surface area contributed by atoms with Crippen LogP contribution in [0.4, 0.5) is 10.5 Å². The Labute approximate surface area is 203 Å². The number of benzene rings is 2. The van der Waals surface area contributed by atoms with Gasteiger partial charge in [0.1, 0.15) is 6.04 Å². The largest absolute Gasteiger partial charge is 0.467 e. The van der Waals surface area contributed by atoms with E-state index in [9.17, 15) is 14.4 Å². The van der Waals surface area contributed by atoms with Crippen LogP contribution in [0.3, 0.4) is 0 Å². The van der Waals surface area contributed by atoms with Gasteiger partial charge >= 0.3 is 12.0 Å². The third kappa shape index (κ3) is 4.34. The van der Waals surface area contributed by atoms with Gasteiger partial charge in [-0.2, -0.15) is 5.10 Å². The van der Waals surface area contributed by atoms with Crippen molar-refractivity contribution >= 4 is 34.5 Å². The molecule has 2 aliphatic rings. The topological polar surface area (TPSA) is 116 Å². The first-order valence-corrected chi connectivity index (χ1v) is 11.8. The minimum atomic E-state index is -0.812. The van der Waals surface area contributed by atoms with Gasteiger partial charge in [-0.3, -0.25) is 9.89 Å². The lowest BCUT2D eigenvalue weighted by molar-refractivity contribution is -0.142. The van der Waals surface area contributed by atoms with Crippen LogP contribution < -0.4 is 10.6 Å². The van der Waals surface area contributed by atoms with Crippen molar-refractivity contribution in [1.82, 2.24) is 20.4 Å². The summed E-state index contributed by atoms with van der Waals surface area (Å²) in [5, 5.41) is 13.8. The number of aromatic nitrogens is 2. The molecule has 3 amide bonds. The minimum Gasteiger partial charge on any atom is -0.467 e. The van der Waals surface area contributed by atoms with E-state index in [0.29, 0.717) is 38.8 Å². The van der Waals surface area contributed by atoms with E-state index in [1.54, 1.807) is 11.1 Å². The highest BCUT2D eigenvalue weighted by Crippen LogP contribution is 2.44. The molecule has 5 rings (SSSR count). The van der Waals surface area contributed by atoms with Crippen LogP contribution in [-0.2, 0) is 26.2 Å². The predicted molar refractivity (Wildman–Crippen MR) is 131 cm³/mol. The van der Waals surface area contributed by atoms with E-state index in [2.05, 4.69) is 26.9 Å². The number of fused-ring (bicyclic) bond motifs is 3. The second-order valence-corrected chi connectivity index (χ2v) is 9.51. The number of para-hydroxylation sites is 1. The first-order valence-electron chi connectivity index (χ1n) is 11.8. The van der Waals surface area contributed by atoms with Crippen molar-refractivity contribution in [3.8, 4) is 0 Å². The minimum absolute atomic E-state index is 0.0113. The van der Waals surface area contributed by atoms with Gasteiger partial charge in [-0.1, -0.05) is 24.3 Å². The maximum atomic E-state index is 13.2. The Hall–Kier alpha value is -3.88. The number of hydrogen-bond donors (Lipinski definition) is 3. The first-order chi connectivity index (χ1) is 16.9. The summed E-state index contributed by atoms with van der Waals surface area (Å²) in [4.78, 5) is 39.8. The maximum Gasteiger partial charge on any atom is 0.328 e. The number of carbonyl (C=O) groups is 3. The number of H-pyrrole nitrogens is 1. The molecule has 0 saturated carbocycles. The molecule has 3 heterocycles. The zero-order valence-electron chi connectivity index (χ0n) is 19.9. The van der Waals surface area contributed by atoms with Gasteiger partial charge in [0.2, 0.25) is 5.91 Å². The molecule has 1 fully saturated rings. The number of likely N-dealkylation sites (tertiary alicyclic amines) is 1. The summed E-state index contributed by atoms with van der Waals surface area (Å²) in [5.41, 5.74) is 4.61. The molecule has 2 aliphatic heterocycles. The fraction of sp³-hybridized carbons (Fsp3) is 0.385. The van der Waals surface area contributed by atoms with Gasteiger partial charge in [-0.15, -0.1) is 0 Å². The van der Waals surface area contributed by atoms with Crippen molar-refractivity contribution in [2.45, 2.75) is 44.1 Å². The lowest BCUT2D eigenvalue weighted by atomic mass is 9.68. The Balaban J connectivity index is 1.28. The SMILES string of the molecule is COC(=O)C(Cc1cc(C)c2[nH]ncc2c1)NC(=O)N1CCC2(CC1)CC(=O)Nc1ccccc12. The van der Waals surface area contributed by atoms with E-state index in [1.165, 1.54) is 7.11 Å². The number of nitrogens with one attached hydrogen (secondary N) is 3. The molecule has 9 nitrogen and oxygen atoms in total. The number of nitrogens with zero attached hydrogens (tertiary/aromatic N) is 2. The van der Waals surface area contributed by atoms with Crippen LogP contribution in [-0.4, -0.2) is 59.2 Å². The zero-order chi connectivity index (χ0) is 24.6. The summed E-state index contributed by atoms with van der Waals surface area (Å²) in [5.74, 6) is -0.480. The molecule has 1 spiro atoms. The van der Waals surface area contributed by atoms with Gasteiger partial charge in [-0.25, -0.2) is 9.59 Å². The smallest absolute Gasteiger partial charge is 0.328 e. The van der Waals surface area contributed by atoms with Crippen LogP contribution in [0.25, 0.3) is 10.9 Å². The number of rotatable bonds is 4. The maximum absolute atomic E-state index is 13.2. The highest BCUT2D eigenvalue weighted by Gasteiger charge is 2.43. The Morgan fingerprint density at radius 3 is 2.77 bits per heavy atom. The molecule has 0 aliphatic carbocycles. The average Bonchev–Trinajstić information content (AvgIpc) is 3.33.